The molecule has 112 valence electrons. The largest absolute Gasteiger partial charge is 0.381 e. The fourth-order valence-corrected chi connectivity index (χ4v) is 2.54. The van der Waals surface area contributed by atoms with Crippen molar-refractivity contribution in [2.45, 2.75) is 27.3 Å². The molecule has 0 aliphatic carbocycles. The second-order valence-electron chi connectivity index (χ2n) is 5.87. The van der Waals surface area contributed by atoms with Gasteiger partial charge in [-0.25, -0.2) is 0 Å². The van der Waals surface area contributed by atoms with Crippen LogP contribution in [0, 0.1) is 20.8 Å². The molecule has 0 amide bonds. The molecule has 2 aromatic carbocycles. The highest BCUT2D eigenvalue weighted by Crippen LogP contribution is 2.16. The van der Waals surface area contributed by atoms with Crippen molar-refractivity contribution >= 4 is 16.6 Å². The molecule has 0 aliphatic rings. The average Bonchev–Trinajstić information content (AvgIpc) is 2.48. The molecular formula is C19H20N2O. The number of pyridine rings is 1. The average molecular weight is 292 g/mol. The van der Waals surface area contributed by atoms with Crippen molar-refractivity contribution in [2.75, 3.05) is 5.32 Å². The Labute approximate surface area is 130 Å². The van der Waals surface area contributed by atoms with E-state index in [2.05, 4.69) is 42.3 Å². The first-order valence-corrected chi connectivity index (χ1v) is 7.46. The molecule has 2 N–H and O–H groups in total. The van der Waals surface area contributed by atoms with E-state index in [1.807, 2.05) is 31.2 Å². The van der Waals surface area contributed by atoms with Crippen molar-refractivity contribution in [3.63, 3.8) is 0 Å². The second-order valence-corrected chi connectivity index (χ2v) is 5.87. The van der Waals surface area contributed by atoms with Crippen LogP contribution < -0.4 is 10.9 Å². The highest BCUT2D eigenvalue weighted by atomic mass is 16.1. The van der Waals surface area contributed by atoms with E-state index < -0.39 is 0 Å². The summed E-state index contributed by atoms with van der Waals surface area (Å²) < 4.78 is 0. The Balaban J connectivity index is 1.87. The number of aryl methyl sites for hydroxylation is 3. The van der Waals surface area contributed by atoms with Crippen LogP contribution in [0.1, 0.15) is 22.3 Å². The summed E-state index contributed by atoms with van der Waals surface area (Å²) in [7, 11) is 0. The van der Waals surface area contributed by atoms with Crippen LogP contribution in [0.5, 0.6) is 0 Å². The molecule has 0 unspecified atom stereocenters. The summed E-state index contributed by atoms with van der Waals surface area (Å²) in [6.45, 7) is 6.72. The quantitative estimate of drug-likeness (QED) is 0.764. The molecule has 22 heavy (non-hydrogen) atoms. The SMILES string of the molecule is Cc1ccc2cc(CNc3ccc(C)c(C)c3)c(=O)[nH]c2c1. The van der Waals surface area contributed by atoms with Crippen LogP contribution in [0.2, 0.25) is 0 Å². The van der Waals surface area contributed by atoms with Crippen molar-refractivity contribution in [1.29, 1.82) is 0 Å². The van der Waals surface area contributed by atoms with Gasteiger partial charge in [0.15, 0.2) is 0 Å². The van der Waals surface area contributed by atoms with Gasteiger partial charge in [0.1, 0.15) is 0 Å². The molecule has 0 saturated carbocycles. The molecule has 1 aromatic heterocycles. The molecule has 3 nitrogen and oxygen atoms in total. The maximum atomic E-state index is 12.2. The Morgan fingerprint density at radius 1 is 0.955 bits per heavy atom. The predicted molar refractivity (Wildman–Crippen MR) is 92.5 cm³/mol. The number of hydrogen-bond donors (Lipinski definition) is 2. The number of aromatic amines is 1. The lowest BCUT2D eigenvalue weighted by molar-refractivity contribution is 1.09. The third-order valence-corrected chi connectivity index (χ3v) is 4.07. The predicted octanol–water partition coefficient (Wildman–Crippen LogP) is 4.07. The molecule has 3 aromatic rings. The van der Waals surface area contributed by atoms with Gasteiger partial charge in [0.25, 0.3) is 5.56 Å². The van der Waals surface area contributed by atoms with E-state index in [0.717, 1.165) is 27.7 Å². The molecule has 0 aliphatic heterocycles. The van der Waals surface area contributed by atoms with Crippen LogP contribution in [0.4, 0.5) is 5.69 Å². The zero-order chi connectivity index (χ0) is 15.7. The van der Waals surface area contributed by atoms with Crippen molar-refractivity contribution in [2.24, 2.45) is 0 Å². The lowest BCUT2D eigenvalue weighted by Crippen LogP contribution is -2.15. The van der Waals surface area contributed by atoms with E-state index in [9.17, 15) is 4.79 Å². The highest BCUT2D eigenvalue weighted by molar-refractivity contribution is 5.79. The van der Waals surface area contributed by atoms with Gasteiger partial charge in [0.05, 0.1) is 0 Å². The van der Waals surface area contributed by atoms with Crippen molar-refractivity contribution in [3.8, 4) is 0 Å². The molecule has 3 heteroatoms. The molecule has 0 bridgehead atoms. The summed E-state index contributed by atoms with van der Waals surface area (Å²) in [6.07, 6.45) is 0. The number of H-pyrrole nitrogens is 1. The summed E-state index contributed by atoms with van der Waals surface area (Å²) in [5.74, 6) is 0. The van der Waals surface area contributed by atoms with E-state index in [0.29, 0.717) is 6.54 Å². The van der Waals surface area contributed by atoms with E-state index in [4.69, 9.17) is 0 Å². The summed E-state index contributed by atoms with van der Waals surface area (Å²) >= 11 is 0. The maximum absolute atomic E-state index is 12.2. The Hall–Kier alpha value is -2.55. The van der Waals surface area contributed by atoms with Gasteiger partial charge in [-0.3, -0.25) is 4.79 Å². The van der Waals surface area contributed by atoms with Gasteiger partial charge < -0.3 is 10.3 Å². The summed E-state index contributed by atoms with van der Waals surface area (Å²) in [5, 5.41) is 4.38. The van der Waals surface area contributed by atoms with E-state index >= 15 is 0 Å². The zero-order valence-corrected chi connectivity index (χ0v) is 13.2. The van der Waals surface area contributed by atoms with Gasteiger partial charge >= 0.3 is 0 Å². The Morgan fingerprint density at radius 3 is 2.55 bits per heavy atom. The fraction of sp³-hybridized carbons (Fsp3) is 0.211. The molecule has 0 saturated heterocycles. The first-order valence-electron chi connectivity index (χ1n) is 7.46. The van der Waals surface area contributed by atoms with Crippen LogP contribution in [0.15, 0.2) is 47.3 Å². The number of hydrogen-bond acceptors (Lipinski definition) is 2. The molecule has 0 radical (unpaired) electrons. The Kier molecular flexibility index (Phi) is 3.72. The number of benzene rings is 2. The highest BCUT2D eigenvalue weighted by Gasteiger charge is 2.04. The van der Waals surface area contributed by atoms with Crippen LogP contribution in [0.25, 0.3) is 10.9 Å². The third-order valence-electron chi connectivity index (χ3n) is 4.07. The minimum Gasteiger partial charge on any atom is -0.381 e. The zero-order valence-electron chi connectivity index (χ0n) is 13.2. The monoisotopic (exact) mass is 292 g/mol. The van der Waals surface area contributed by atoms with Crippen molar-refractivity contribution in [1.82, 2.24) is 4.98 Å². The Bertz CT molecular complexity index is 894. The van der Waals surface area contributed by atoms with Gasteiger partial charge in [-0.2, -0.15) is 0 Å². The van der Waals surface area contributed by atoms with Crippen LogP contribution in [0.3, 0.4) is 0 Å². The minimum absolute atomic E-state index is 0.0329. The number of fused-ring (bicyclic) bond motifs is 1. The molecule has 0 spiro atoms. The lowest BCUT2D eigenvalue weighted by Gasteiger charge is -2.09. The van der Waals surface area contributed by atoms with Gasteiger partial charge in [-0.1, -0.05) is 18.2 Å². The molecule has 0 atom stereocenters. The van der Waals surface area contributed by atoms with E-state index in [1.165, 1.54) is 11.1 Å². The number of aromatic nitrogens is 1. The van der Waals surface area contributed by atoms with Gasteiger partial charge in [-0.15, -0.1) is 0 Å². The van der Waals surface area contributed by atoms with Gasteiger partial charge in [-0.05, 0) is 67.1 Å². The molecule has 1 heterocycles. The van der Waals surface area contributed by atoms with Crippen molar-refractivity contribution < 1.29 is 0 Å². The van der Waals surface area contributed by atoms with E-state index in [1.54, 1.807) is 0 Å². The fourth-order valence-electron chi connectivity index (χ4n) is 2.54. The first-order chi connectivity index (χ1) is 10.5. The summed E-state index contributed by atoms with van der Waals surface area (Å²) in [6, 6.07) is 14.3. The maximum Gasteiger partial charge on any atom is 0.253 e. The number of rotatable bonds is 3. The van der Waals surface area contributed by atoms with Crippen molar-refractivity contribution in [3.05, 3.63) is 75.1 Å². The normalized spacial score (nSPS) is 10.9. The van der Waals surface area contributed by atoms with Crippen LogP contribution in [-0.2, 0) is 6.54 Å². The lowest BCUT2D eigenvalue weighted by atomic mass is 10.1. The van der Waals surface area contributed by atoms with Gasteiger partial charge in [0.2, 0.25) is 0 Å². The number of anilines is 1. The molecule has 0 fully saturated rings. The second kappa shape index (κ2) is 5.68. The van der Waals surface area contributed by atoms with Crippen LogP contribution >= 0.6 is 0 Å². The summed E-state index contributed by atoms with van der Waals surface area (Å²) in [4.78, 5) is 15.2. The smallest absolute Gasteiger partial charge is 0.253 e. The minimum atomic E-state index is -0.0329. The number of nitrogens with one attached hydrogen (secondary N) is 2. The summed E-state index contributed by atoms with van der Waals surface area (Å²) in [5.41, 5.74) is 6.29. The van der Waals surface area contributed by atoms with Gasteiger partial charge in [0, 0.05) is 23.3 Å². The molecule has 3 rings (SSSR count). The standard InChI is InChI=1S/C19H20N2O/c1-12-4-6-15-10-16(19(22)21-18(15)8-12)11-20-17-7-5-13(2)14(3)9-17/h4-10,20H,11H2,1-3H3,(H,21,22). The Morgan fingerprint density at radius 2 is 1.77 bits per heavy atom. The van der Waals surface area contributed by atoms with E-state index in [-0.39, 0.29) is 5.56 Å². The molecular weight excluding hydrogens is 272 g/mol. The van der Waals surface area contributed by atoms with Crippen LogP contribution in [-0.4, -0.2) is 4.98 Å². The third kappa shape index (κ3) is 2.89. The topological polar surface area (TPSA) is 44.9 Å². The first kappa shape index (κ1) is 14.4.